The van der Waals surface area contributed by atoms with Crippen molar-refractivity contribution in [3.63, 3.8) is 0 Å². The zero-order valence-corrected chi connectivity index (χ0v) is 16.0. The van der Waals surface area contributed by atoms with Crippen molar-refractivity contribution >= 4 is 16.9 Å². The lowest BCUT2D eigenvalue weighted by Gasteiger charge is -2.12. The number of rotatable bonds is 8. The SMILES string of the molecule is CCC(C)NCc1c(C(=O)O)n(Cc2ccc(OC)cc2)c2ccccc12. The number of nitrogens with one attached hydrogen (secondary N) is 1. The van der Waals surface area contributed by atoms with E-state index in [4.69, 9.17) is 4.74 Å². The van der Waals surface area contributed by atoms with Crippen LogP contribution in [0.15, 0.2) is 48.5 Å². The fourth-order valence-corrected chi connectivity index (χ4v) is 3.30. The molecule has 1 unspecified atom stereocenters. The van der Waals surface area contributed by atoms with Crippen LogP contribution in [0.1, 0.15) is 41.9 Å². The van der Waals surface area contributed by atoms with E-state index in [1.807, 2.05) is 53.1 Å². The quantitative estimate of drug-likeness (QED) is 0.624. The lowest BCUT2D eigenvalue weighted by molar-refractivity contribution is 0.0684. The van der Waals surface area contributed by atoms with E-state index in [1.165, 1.54) is 0 Å². The molecule has 0 aliphatic heterocycles. The van der Waals surface area contributed by atoms with Crippen LogP contribution >= 0.6 is 0 Å². The summed E-state index contributed by atoms with van der Waals surface area (Å²) in [6.45, 7) is 5.25. The Morgan fingerprint density at radius 3 is 2.52 bits per heavy atom. The second-order valence-electron chi connectivity index (χ2n) is 6.77. The van der Waals surface area contributed by atoms with E-state index in [2.05, 4.69) is 19.2 Å². The van der Waals surface area contributed by atoms with Gasteiger partial charge in [0.05, 0.1) is 7.11 Å². The molecule has 27 heavy (non-hydrogen) atoms. The number of carbonyl (C=O) groups is 1. The predicted octanol–water partition coefficient (Wildman–Crippen LogP) is 4.28. The van der Waals surface area contributed by atoms with Crippen molar-refractivity contribution in [3.05, 3.63) is 65.4 Å². The smallest absolute Gasteiger partial charge is 0.352 e. The van der Waals surface area contributed by atoms with Crippen LogP contribution in [-0.2, 0) is 13.1 Å². The minimum atomic E-state index is -0.902. The highest BCUT2D eigenvalue weighted by Crippen LogP contribution is 2.28. The van der Waals surface area contributed by atoms with Crippen LogP contribution in [-0.4, -0.2) is 28.8 Å². The number of aromatic nitrogens is 1. The summed E-state index contributed by atoms with van der Waals surface area (Å²) in [7, 11) is 1.63. The molecular weight excluding hydrogens is 340 g/mol. The lowest BCUT2D eigenvalue weighted by Crippen LogP contribution is -2.25. The van der Waals surface area contributed by atoms with Crippen molar-refractivity contribution in [3.8, 4) is 5.75 Å². The van der Waals surface area contributed by atoms with Gasteiger partial charge in [0.2, 0.25) is 0 Å². The number of benzene rings is 2. The second kappa shape index (κ2) is 8.27. The molecule has 0 aliphatic rings. The number of carboxylic acids is 1. The molecule has 1 heterocycles. The summed E-state index contributed by atoms with van der Waals surface area (Å²) in [5.41, 5.74) is 3.15. The Labute approximate surface area is 159 Å². The van der Waals surface area contributed by atoms with Gasteiger partial charge in [-0.1, -0.05) is 37.3 Å². The van der Waals surface area contributed by atoms with E-state index in [9.17, 15) is 9.90 Å². The Balaban J connectivity index is 2.07. The summed E-state index contributed by atoms with van der Waals surface area (Å²) in [4.78, 5) is 12.1. The van der Waals surface area contributed by atoms with Gasteiger partial charge in [-0.15, -0.1) is 0 Å². The molecular formula is C22H26N2O3. The number of aromatic carboxylic acids is 1. The lowest BCUT2D eigenvalue weighted by atomic mass is 10.1. The normalized spacial score (nSPS) is 12.3. The molecule has 5 nitrogen and oxygen atoms in total. The molecule has 2 N–H and O–H groups in total. The zero-order valence-electron chi connectivity index (χ0n) is 16.0. The third-order valence-electron chi connectivity index (χ3n) is 5.02. The zero-order chi connectivity index (χ0) is 19.4. The highest BCUT2D eigenvalue weighted by atomic mass is 16.5. The monoisotopic (exact) mass is 366 g/mol. The number of ether oxygens (including phenoxy) is 1. The van der Waals surface area contributed by atoms with E-state index in [1.54, 1.807) is 7.11 Å². The number of carboxylic acid groups (broad SMARTS) is 1. The summed E-state index contributed by atoms with van der Waals surface area (Å²) >= 11 is 0. The Morgan fingerprint density at radius 1 is 1.19 bits per heavy atom. The Kier molecular flexibility index (Phi) is 5.81. The van der Waals surface area contributed by atoms with E-state index < -0.39 is 5.97 Å². The van der Waals surface area contributed by atoms with Crippen LogP contribution in [0.5, 0.6) is 5.75 Å². The molecule has 5 heteroatoms. The van der Waals surface area contributed by atoms with Gasteiger partial charge in [-0.3, -0.25) is 0 Å². The summed E-state index contributed by atoms with van der Waals surface area (Å²) in [5.74, 6) is -0.117. The van der Waals surface area contributed by atoms with E-state index in [-0.39, 0.29) is 0 Å². The molecule has 0 spiro atoms. The first-order chi connectivity index (χ1) is 13.0. The maximum absolute atomic E-state index is 12.1. The van der Waals surface area contributed by atoms with Gasteiger partial charge >= 0.3 is 5.97 Å². The maximum Gasteiger partial charge on any atom is 0.352 e. The van der Waals surface area contributed by atoms with Crippen molar-refractivity contribution in [2.45, 2.75) is 39.4 Å². The Bertz CT molecular complexity index is 929. The second-order valence-corrected chi connectivity index (χ2v) is 6.77. The fraction of sp³-hybridized carbons (Fsp3) is 0.318. The minimum absolute atomic E-state index is 0.329. The van der Waals surface area contributed by atoms with Crippen LogP contribution in [0.3, 0.4) is 0 Å². The Morgan fingerprint density at radius 2 is 1.89 bits per heavy atom. The van der Waals surface area contributed by atoms with Crippen molar-refractivity contribution in [2.24, 2.45) is 0 Å². The van der Waals surface area contributed by atoms with Crippen LogP contribution in [0.2, 0.25) is 0 Å². The summed E-state index contributed by atoms with van der Waals surface area (Å²) in [5, 5.41) is 14.4. The number of nitrogens with zero attached hydrogens (tertiary/aromatic N) is 1. The van der Waals surface area contributed by atoms with E-state index in [0.717, 1.165) is 34.2 Å². The fourth-order valence-electron chi connectivity index (χ4n) is 3.30. The van der Waals surface area contributed by atoms with Gasteiger partial charge in [0, 0.05) is 35.6 Å². The molecule has 0 radical (unpaired) electrons. The molecule has 1 aromatic heterocycles. The third kappa shape index (κ3) is 3.98. The van der Waals surface area contributed by atoms with E-state index in [0.29, 0.717) is 24.8 Å². The average Bonchev–Trinajstić information content (AvgIpc) is 3.00. The highest BCUT2D eigenvalue weighted by molar-refractivity contribution is 5.98. The molecule has 142 valence electrons. The van der Waals surface area contributed by atoms with Crippen LogP contribution in [0.25, 0.3) is 10.9 Å². The predicted molar refractivity (Wildman–Crippen MR) is 108 cm³/mol. The van der Waals surface area contributed by atoms with Crippen molar-refractivity contribution in [1.29, 1.82) is 0 Å². The number of hydrogen-bond donors (Lipinski definition) is 2. The molecule has 1 atom stereocenters. The third-order valence-corrected chi connectivity index (χ3v) is 5.02. The van der Waals surface area contributed by atoms with Crippen molar-refractivity contribution in [1.82, 2.24) is 9.88 Å². The number of fused-ring (bicyclic) bond motifs is 1. The van der Waals surface area contributed by atoms with Crippen LogP contribution in [0.4, 0.5) is 0 Å². The van der Waals surface area contributed by atoms with Gasteiger partial charge in [0.1, 0.15) is 11.4 Å². The van der Waals surface area contributed by atoms with Crippen molar-refractivity contribution in [2.75, 3.05) is 7.11 Å². The van der Waals surface area contributed by atoms with Crippen LogP contribution in [0, 0.1) is 0 Å². The first-order valence-corrected chi connectivity index (χ1v) is 9.24. The van der Waals surface area contributed by atoms with Crippen LogP contribution < -0.4 is 10.1 Å². The molecule has 2 aromatic carbocycles. The first kappa shape index (κ1) is 19.0. The van der Waals surface area contributed by atoms with E-state index >= 15 is 0 Å². The summed E-state index contributed by atoms with van der Waals surface area (Å²) in [6, 6.07) is 15.9. The van der Waals surface area contributed by atoms with Gasteiger partial charge in [-0.05, 0) is 37.1 Å². The highest BCUT2D eigenvalue weighted by Gasteiger charge is 2.22. The standard InChI is InChI=1S/C22H26N2O3/c1-4-15(2)23-13-19-18-7-5-6-8-20(18)24(21(19)22(25)26)14-16-9-11-17(27-3)12-10-16/h5-12,15,23H,4,13-14H2,1-3H3,(H,25,26). The number of hydrogen-bond acceptors (Lipinski definition) is 3. The topological polar surface area (TPSA) is 63.5 Å². The molecule has 3 aromatic rings. The molecule has 0 bridgehead atoms. The molecule has 0 fully saturated rings. The van der Waals surface area contributed by atoms with Gasteiger partial charge in [0.15, 0.2) is 0 Å². The van der Waals surface area contributed by atoms with Crippen molar-refractivity contribution < 1.29 is 14.6 Å². The molecule has 3 rings (SSSR count). The summed E-state index contributed by atoms with van der Waals surface area (Å²) < 4.78 is 7.11. The Hall–Kier alpha value is -2.79. The first-order valence-electron chi connectivity index (χ1n) is 9.24. The van der Waals surface area contributed by atoms with Gasteiger partial charge in [-0.2, -0.15) is 0 Å². The molecule has 0 saturated carbocycles. The molecule has 0 amide bonds. The van der Waals surface area contributed by atoms with Gasteiger partial charge in [0.25, 0.3) is 0 Å². The molecule has 0 aliphatic carbocycles. The average molecular weight is 366 g/mol. The summed E-state index contributed by atoms with van der Waals surface area (Å²) in [6.07, 6.45) is 0.993. The van der Waals surface area contributed by atoms with Gasteiger partial charge in [-0.25, -0.2) is 4.79 Å². The number of para-hydroxylation sites is 1. The maximum atomic E-state index is 12.1. The largest absolute Gasteiger partial charge is 0.497 e. The van der Waals surface area contributed by atoms with Gasteiger partial charge < -0.3 is 19.7 Å². The molecule has 0 saturated heterocycles. The minimum Gasteiger partial charge on any atom is -0.497 e. The number of methoxy groups -OCH3 is 1.